The van der Waals surface area contributed by atoms with Crippen molar-refractivity contribution >= 4 is 16.5 Å². The van der Waals surface area contributed by atoms with Crippen LogP contribution in [0.15, 0.2) is 6.20 Å². The fraction of sp³-hybridized carbons (Fsp3) is 0.800. The van der Waals surface area contributed by atoms with Gasteiger partial charge in [0.15, 0.2) is 5.13 Å². The Balaban J connectivity index is 1.40. The summed E-state index contributed by atoms with van der Waals surface area (Å²) in [5, 5.41) is 0.676. The lowest BCUT2D eigenvalue weighted by Crippen LogP contribution is -2.38. The van der Waals surface area contributed by atoms with Crippen LogP contribution in [0.2, 0.25) is 0 Å². The maximum absolute atomic E-state index is 6.28. The Morgan fingerprint density at radius 2 is 1.85 bits per heavy atom. The third kappa shape index (κ3) is 3.93. The third-order valence-electron chi connectivity index (χ3n) is 4.42. The number of nitrogen functional groups attached to an aromatic ring is 1. The van der Waals surface area contributed by atoms with Gasteiger partial charge in [-0.15, -0.1) is 11.3 Å². The highest BCUT2D eigenvalue weighted by Crippen LogP contribution is 2.25. The largest absolute Gasteiger partial charge is 0.375 e. The smallest absolute Gasteiger partial charge is 0.180 e. The third-order valence-corrected chi connectivity index (χ3v) is 5.23. The summed E-state index contributed by atoms with van der Waals surface area (Å²) >= 11 is 1.60. The minimum Gasteiger partial charge on any atom is -0.375 e. The molecule has 2 N–H and O–H groups in total. The zero-order valence-electron chi connectivity index (χ0n) is 12.1. The van der Waals surface area contributed by atoms with E-state index in [1.54, 1.807) is 11.3 Å². The Bertz CT molecular complexity index is 409. The van der Waals surface area contributed by atoms with Gasteiger partial charge in [0.25, 0.3) is 0 Å². The first-order valence-corrected chi connectivity index (χ1v) is 8.69. The summed E-state index contributed by atoms with van der Waals surface area (Å²) in [5.41, 5.74) is 5.68. The molecule has 1 saturated carbocycles. The summed E-state index contributed by atoms with van der Waals surface area (Å²) in [4.78, 5) is 7.89. The number of nitrogens with zero attached hydrogens (tertiary/aromatic N) is 2. The van der Waals surface area contributed by atoms with Gasteiger partial charge in [0.1, 0.15) is 0 Å². The number of anilines is 1. The second-order valence-corrected chi connectivity index (χ2v) is 7.18. The van der Waals surface area contributed by atoms with Crippen LogP contribution in [0.5, 0.6) is 0 Å². The van der Waals surface area contributed by atoms with Crippen molar-refractivity contribution in [3.05, 3.63) is 11.1 Å². The average molecular weight is 295 g/mol. The van der Waals surface area contributed by atoms with Crippen LogP contribution >= 0.6 is 11.3 Å². The molecule has 3 rings (SSSR count). The number of hydrogen-bond donors (Lipinski definition) is 1. The van der Waals surface area contributed by atoms with E-state index in [4.69, 9.17) is 10.5 Å². The zero-order chi connectivity index (χ0) is 13.8. The van der Waals surface area contributed by atoms with Gasteiger partial charge in [0, 0.05) is 30.7 Å². The molecule has 4 nitrogen and oxygen atoms in total. The highest BCUT2D eigenvalue weighted by Gasteiger charge is 2.24. The van der Waals surface area contributed by atoms with Gasteiger partial charge in [0.2, 0.25) is 0 Å². The number of ether oxygens (including phenoxy) is 1. The maximum Gasteiger partial charge on any atom is 0.180 e. The summed E-state index contributed by atoms with van der Waals surface area (Å²) in [6, 6.07) is 0. The van der Waals surface area contributed by atoms with E-state index in [1.807, 2.05) is 6.20 Å². The first-order chi connectivity index (χ1) is 9.79. The average Bonchev–Trinajstić information content (AvgIpc) is 2.88. The summed E-state index contributed by atoms with van der Waals surface area (Å²) < 4.78 is 6.28. The molecule has 2 heterocycles. The van der Waals surface area contributed by atoms with Gasteiger partial charge in [-0.05, 0) is 25.7 Å². The van der Waals surface area contributed by atoms with E-state index < -0.39 is 0 Å². The summed E-state index contributed by atoms with van der Waals surface area (Å²) in [5.74, 6) is 0. The van der Waals surface area contributed by atoms with Crippen molar-refractivity contribution in [3.8, 4) is 0 Å². The minimum atomic E-state index is 0.487. The minimum absolute atomic E-state index is 0.487. The topological polar surface area (TPSA) is 51.4 Å². The van der Waals surface area contributed by atoms with Crippen LogP contribution in [0.3, 0.4) is 0 Å². The van der Waals surface area contributed by atoms with Gasteiger partial charge in [-0.2, -0.15) is 0 Å². The standard InChI is InChI=1S/C15H25N3OS/c16-15-17-10-14(20-15)11-18-8-6-13(7-9-18)19-12-4-2-1-3-5-12/h10,12-13H,1-9,11H2,(H2,16,17). The predicted molar refractivity (Wildman–Crippen MR) is 82.8 cm³/mol. The van der Waals surface area contributed by atoms with Crippen LogP contribution < -0.4 is 5.73 Å². The Morgan fingerprint density at radius 3 is 2.50 bits per heavy atom. The van der Waals surface area contributed by atoms with Gasteiger partial charge in [-0.3, -0.25) is 4.90 Å². The molecule has 0 atom stereocenters. The number of thiazole rings is 1. The number of rotatable bonds is 4. The number of aromatic nitrogens is 1. The molecule has 0 radical (unpaired) electrons. The number of piperidine rings is 1. The molecule has 2 fully saturated rings. The lowest BCUT2D eigenvalue weighted by Gasteiger charge is -2.34. The van der Waals surface area contributed by atoms with E-state index >= 15 is 0 Å². The molecule has 5 heteroatoms. The van der Waals surface area contributed by atoms with Gasteiger partial charge in [-0.1, -0.05) is 19.3 Å². The monoisotopic (exact) mass is 295 g/mol. The number of likely N-dealkylation sites (tertiary alicyclic amines) is 1. The van der Waals surface area contributed by atoms with Crippen LogP contribution in [-0.4, -0.2) is 35.2 Å². The lowest BCUT2D eigenvalue weighted by atomic mass is 9.97. The molecule has 0 aromatic carbocycles. The molecule has 2 aliphatic rings. The molecule has 0 spiro atoms. The first kappa shape index (κ1) is 14.3. The van der Waals surface area contributed by atoms with Crippen LogP contribution in [0.4, 0.5) is 5.13 Å². The zero-order valence-corrected chi connectivity index (χ0v) is 12.9. The highest BCUT2D eigenvalue weighted by molar-refractivity contribution is 7.15. The van der Waals surface area contributed by atoms with E-state index in [0.717, 1.165) is 19.6 Å². The number of hydrogen-bond acceptors (Lipinski definition) is 5. The molecule has 112 valence electrons. The van der Waals surface area contributed by atoms with E-state index in [-0.39, 0.29) is 0 Å². The molecule has 1 aliphatic heterocycles. The quantitative estimate of drug-likeness (QED) is 0.927. The molecule has 0 unspecified atom stereocenters. The Hall–Kier alpha value is -0.650. The van der Waals surface area contributed by atoms with E-state index in [2.05, 4.69) is 9.88 Å². The molecule has 20 heavy (non-hydrogen) atoms. The lowest BCUT2D eigenvalue weighted by molar-refractivity contribution is -0.0564. The van der Waals surface area contributed by atoms with Gasteiger partial charge in [-0.25, -0.2) is 4.98 Å². The Morgan fingerprint density at radius 1 is 1.15 bits per heavy atom. The second kappa shape index (κ2) is 6.87. The summed E-state index contributed by atoms with van der Waals surface area (Å²) in [7, 11) is 0. The summed E-state index contributed by atoms with van der Waals surface area (Å²) in [6.07, 6.45) is 12.0. The predicted octanol–water partition coefficient (Wildman–Crippen LogP) is 3.04. The SMILES string of the molecule is Nc1ncc(CN2CCC(OC3CCCCC3)CC2)s1. The molecule has 0 amide bonds. The Kier molecular flexibility index (Phi) is 4.91. The molecule has 0 bridgehead atoms. The maximum atomic E-state index is 6.28. The van der Waals surface area contributed by atoms with Crippen LogP contribution in [-0.2, 0) is 11.3 Å². The molecular formula is C15H25N3OS. The molecule has 1 aliphatic carbocycles. The van der Waals surface area contributed by atoms with Crippen molar-refractivity contribution < 1.29 is 4.74 Å². The normalized spacial score (nSPS) is 23.2. The van der Waals surface area contributed by atoms with Gasteiger partial charge < -0.3 is 10.5 Å². The van der Waals surface area contributed by atoms with Gasteiger partial charge in [0.05, 0.1) is 12.2 Å². The van der Waals surface area contributed by atoms with Gasteiger partial charge >= 0.3 is 0 Å². The van der Waals surface area contributed by atoms with Crippen molar-refractivity contribution in [2.75, 3.05) is 18.8 Å². The van der Waals surface area contributed by atoms with Crippen molar-refractivity contribution in [1.82, 2.24) is 9.88 Å². The highest BCUT2D eigenvalue weighted by atomic mass is 32.1. The molecule has 1 saturated heterocycles. The molecule has 1 aromatic rings. The van der Waals surface area contributed by atoms with Crippen molar-refractivity contribution in [1.29, 1.82) is 0 Å². The molecule has 1 aromatic heterocycles. The fourth-order valence-electron chi connectivity index (χ4n) is 3.29. The van der Waals surface area contributed by atoms with Crippen molar-refractivity contribution in [2.45, 2.75) is 63.7 Å². The summed E-state index contributed by atoms with van der Waals surface area (Å²) in [6.45, 7) is 3.26. The Labute approximate surface area is 125 Å². The van der Waals surface area contributed by atoms with Crippen LogP contribution in [0, 0.1) is 0 Å². The van der Waals surface area contributed by atoms with E-state index in [0.29, 0.717) is 17.3 Å². The van der Waals surface area contributed by atoms with Crippen molar-refractivity contribution in [2.24, 2.45) is 0 Å². The second-order valence-electron chi connectivity index (χ2n) is 6.04. The fourth-order valence-corrected chi connectivity index (χ4v) is 4.02. The van der Waals surface area contributed by atoms with Crippen LogP contribution in [0.1, 0.15) is 49.8 Å². The van der Waals surface area contributed by atoms with Crippen molar-refractivity contribution in [3.63, 3.8) is 0 Å². The van der Waals surface area contributed by atoms with E-state index in [1.165, 1.54) is 49.8 Å². The van der Waals surface area contributed by atoms with E-state index in [9.17, 15) is 0 Å². The van der Waals surface area contributed by atoms with Crippen LogP contribution in [0.25, 0.3) is 0 Å². The first-order valence-electron chi connectivity index (χ1n) is 7.87. The molecular weight excluding hydrogens is 270 g/mol. The number of nitrogens with two attached hydrogens (primary N) is 1.